The highest BCUT2D eigenvalue weighted by molar-refractivity contribution is 5.96. The second-order valence-electron chi connectivity index (χ2n) is 14.0. The average molecular weight is 686 g/mol. The van der Waals surface area contributed by atoms with Crippen LogP contribution in [0.2, 0.25) is 0 Å². The number of fused-ring (bicyclic) bond motifs is 3. The first-order chi connectivity index (χ1) is 23.1. The maximum atomic E-state index is 14.8. The normalized spacial score (nSPS) is 27.1. The number of nitrogens with one attached hydrogen (secondary N) is 2. The first-order valence-corrected chi connectivity index (χ1v) is 16.9. The Morgan fingerprint density at radius 3 is 2.47 bits per heavy atom. The van der Waals surface area contributed by atoms with Crippen LogP contribution in [-0.2, 0) is 29.8 Å². The Morgan fingerprint density at radius 1 is 1.08 bits per heavy atom. The highest BCUT2D eigenvalue weighted by Crippen LogP contribution is 2.46. The van der Waals surface area contributed by atoms with Crippen LogP contribution in [0.25, 0.3) is 11.0 Å². The number of carbonyl (C=O) groups excluding carboxylic acids is 4. The van der Waals surface area contributed by atoms with Gasteiger partial charge in [-0.15, -0.1) is 0 Å². The number of benzene rings is 1. The summed E-state index contributed by atoms with van der Waals surface area (Å²) >= 11 is 0. The zero-order chi connectivity index (χ0) is 35.6. The number of alkyl halides is 2. The summed E-state index contributed by atoms with van der Waals surface area (Å²) in [7, 11) is 0. The molecule has 0 radical (unpaired) electrons. The molecule has 0 spiro atoms. The summed E-state index contributed by atoms with van der Waals surface area (Å²) in [6, 6.07) is 4.32. The van der Waals surface area contributed by atoms with Crippen molar-refractivity contribution in [2.45, 2.75) is 115 Å². The maximum absolute atomic E-state index is 14.8. The lowest BCUT2D eigenvalue weighted by Gasteiger charge is -2.30. The van der Waals surface area contributed by atoms with Crippen LogP contribution < -0.4 is 15.4 Å². The van der Waals surface area contributed by atoms with Crippen LogP contribution in [0.3, 0.4) is 0 Å². The van der Waals surface area contributed by atoms with Gasteiger partial charge in [-0.3, -0.25) is 9.59 Å². The minimum Gasteiger partial charge on any atom is -0.471 e. The van der Waals surface area contributed by atoms with E-state index >= 15 is 0 Å². The number of amides is 3. The van der Waals surface area contributed by atoms with Gasteiger partial charge in [0.2, 0.25) is 17.7 Å². The first kappa shape index (κ1) is 35.9. The maximum Gasteiger partial charge on any atom is 0.408 e. The van der Waals surface area contributed by atoms with E-state index in [-0.39, 0.29) is 37.4 Å². The Morgan fingerprint density at radius 2 is 1.80 bits per heavy atom. The van der Waals surface area contributed by atoms with Gasteiger partial charge in [-0.1, -0.05) is 37.1 Å². The summed E-state index contributed by atoms with van der Waals surface area (Å²) in [4.78, 5) is 64.2. The molecule has 49 heavy (non-hydrogen) atoms. The number of rotatable bonds is 6. The predicted molar refractivity (Wildman–Crippen MR) is 175 cm³/mol. The molecule has 5 atom stereocenters. The highest BCUT2D eigenvalue weighted by atomic mass is 19.3. The fraction of sp³-hybridized carbons (Fsp3) is 0.600. The number of hydrogen-bond donors (Lipinski definition) is 2. The largest absolute Gasteiger partial charge is 0.471 e. The van der Waals surface area contributed by atoms with Crippen LogP contribution in [0.15, 0.2) is 36.4 Å². The van der Waals surface area contributed by atoms with Crippen molar-refractivity contribution in [2.24, 2.45) is 5.92 Å². The molecule has 2 aromatic rings. The standard InChI is InChI=1S/C35H45F2N5O7/c1-6-47-31(45)35-19-21(35)14-10-8-7-9-11-17-25(40-32(46)49-33(2,3)4)30(44)42-20-22(18-26(42)28(43)41-35)48-29-27(34(5,36)37)38-23-15-12-13-16-24(23)39-29/h10,12-16,21-22,25-26H,6-9,11,17-20H2,1-5H3,(H,40,46)(H,41,43)/b14-10-/t21?,22-,25+,26+,35-/m1/s1. The molecule has 1 saturated heterocycles. The highest BCUT2D eigenvalue weighted by Gasteiger charge is 2.62. The lowest BCUT2D eigenvalue weighted by molar-refractivity contribution is -0.150. The predicted octanol–water partition coefficient (Wildman–Crippen LogP) is 4.94. The minimum absolute atomic E-state index is 0.0978. The molecule has 3 amide bonds. The van der Waals surface area contributed by atoms with Crippen molar-refractivity contribution in [2.75, 3.05) is 13.2 Å². The van der Waals surface area contributed by atoms with E-state index in [2.05, 4.69) is 20.6 Å². The Bertz CT molecular complexity index is 1610. The molecule has 14 heteroatoms. The third-order valence-electron chi connectivity index (χ3n) is 8.80. The SMILES string of the molecule is CCOC(=O)[C@@]12CC1/C=C\CCCCC[C@H](NC(=O)OC(C)(C)C)C(=O)N1C[C@H](Oc3nc4ccccc4nc3C(C)(F)F)C[C@H]1C(=O)N2. The molecule has 0 bridgehead atoms. The lowest BCUT2D eigenvalue weighted by atomic mass is 10.0. The minimum atomic E-state index is -3.41. The number of ether oxygens (including phenoxy) is 3. The molecule has 3 aliphatic rings. The van der Waals surface area contributed by atoms with Crippen LogP contribution in [-0.4, -0.2) is 81.2 Å². The van der Waals surface area contributed by atoms with Crippen molar-refractivity contribution in [1.29, 1.82) is 0 Å². The van der Waals surface area contributed by atoms with Crippen LogP contribution in [0.5, 0.6) is 5.88 Å². The van der Waals surface area contributed by atoms with Crippen molar-refractivity contribution in [3.05, 3.63) is 42.1 Å². The summed E-state index contributed by atoms with van der Waals surface area (Å²) < 4.78 is 46.5. The molecular weight excluding hydrogens is 640 g/mol. The van der Waals surface area contributed by atoms with Gasteiger partial charge in [-0.25, -0.2) is 19.6 Å². The number of esters is 1. The number of allylic oxidation sites excluding steroid dienone is 1. The second kappa shape index (κ2) is 14.2. The number of hydrogen-bond acceptors (Lipinski definition) is 9. The zero-order valence-corrected chi connectivity index (χ0v) is 28.6. The molecule has 1 saturated carbocycles. The average Bonchev–Trinajstić information content (AvgIpc) is 3.54. The fourth-order valence-corrected chi connectivity index (χ4v) is 6.35. The monoisotopic (exact) mass is 685 g/mol. The van der Waals surface area contributed by atoms with Crippen LogP contribution in [0.1, 0.15) is 85.3 Å². The van der Waals surface area contributed by atoms with Gasteiger partial charge in [0.05, 0.1) is 24.2 Å². The van der Waals surface area contributed by atoms with E-state index in [1.807, 2.05) is 12.2 Å². The number of nitrogens with zero attached hydrogens (tertiary/aromatic N) is 3. The molecule has 12 nitrogen and oxygen atoms in total. The third-order valence-corrected chi connectivity index (χ3v) is 8.80. The summed E-state index contributed by atoms with van der Waals surface area (Å²) in [5.41, 5.74) is -2.21. The van der Waals surface area contributed by atoms with Crippen molar-refractivity contribution in [3.8, 4) is 5.88 Å². The molecule has 1 aromatic heterocycles. The van der Waals surface area contributed by atoms with E-state index in [0.717, 1.165) is 19.3 Å². The molecule has 2 aliphatic heterocycles. The Labute approximate surface area is 284 Å². The molecule has 2 fully saturated rings. The van der Waals surface area contributed by atoms with Crippen molar-refractivity contribution in [1.82, 2.24) is 25.5 Å². The Hall–Kier alpha value is -4.36. The van der Waals surface area contributed by atoms with Crippen LogP contribution >= 0.6 is 0 Å². The molecule has 1 aliphatic carbocycles. The Kier molecular flexibility index (Phi) is 10.4. The van der Waals surface area contributed by atoms with E-state index in [1.54, 1.807) is 52.0 Å². The number of aromatic nitrogens is 2. The lowest BCUT2D eigenvalue weighted by Crippen LogP contribution is -2.56. The summed E-state index contributed by atoms with van der Waals surface area (Å²) in [6.07, 6.45) is 5.58. The van der Waals surface area contributed by atoms with Gasteiger partial charge < -0.3 is 29.7 Å². The van der Waals surface area contributed by atoms with E-state index in [9.17, 15) is 28.0 Å². The smallest absolute Gasteiger partial charge is 0.408 e. The number of alkyl carbamates (subject to hydrolysis) is 1. The van der Waals surface area contributed by atoms with E-state index in [4.69, 9.17) is 14.2 Å². The molecule has 1 aromatic carbocycles. The molecule has 2 N–H and O–H groups in total. The number of para-hydroxylation sites is 2. The van der Waals surface area contributed by atoms with Crippen molar-refractivity contribution >= 4 is 34.9 Å². The van der Waals surface area contributed by atoms with Gasteiger partial charge in [0, 0.05) is 19.3 Å². The van der Waals surface area contributed by atoms with E-state index in [1.165, 1.54) is 4.90 Å². The van der Waals surface area contributed by atoms with Crippen molar-refractivity contribution < 1.29 is 42.2 Å². The molecule has 1 unspecified atom stereocenters. The van der Waals surface area contributed by atoms with Gasteiger partial charge in [0.15, 0.2) is 5.69 Å². The van der Waals surface area contributed by atoms with Gasteiger partial charge in [-0.05, 0) is 65.5 Å². The number of carbonyl (C=O) groups is 4. The summed E-state index contributed by atoms with van der Waals surface area (Å²) in [5.74, 6) is -5.87. The van der Waals surface area contributed by atoms with Gasteiger partial charge in [0.1, 0.15) is 29.3 Å². The molecule has 266 valence electrons. The van der Waals surface area contributed by atoms with E-state index < -0.39 is 70.7 Å². The third kappa shape index (κ3) is 8.45. The summed E-state index contributed by atoms with van der Waals surface area (Å²) in [5, 5.41) is 5.55. The quantitative estimate of drug-likeness (QED) is 0.319. The fourth-order valence-electron chi connectivity index (χ4n) is 6.35. The molecule has 3 heterocycles. The topological polar surface area (TPSA) is 149 Å². The molecule has 5 rings (SSSR count). The van der Waals surface area contributed by atoms with Crippen LogP contribution in [0.4, 0.5) is 13.6 Å². The molecular formula is C35H45F2N5O7. The Balaban J connectivity index is 1.49. The van der Waals surface area contributed by atoms with Gasteiger partial charge in [0.25, 0.3) is 5.92 Å². The number of halogens is 2. The zero-order valence-electron chi connectivity index (χ0n) is 28.6. The van der Waals surface area contributed by atoms with Crippen molar-refractivity contribution in [3.63, 3.8) is 0 Å². The first-order valence-electron chi connectivity index (χ1n) is 16.9. The van der Waals surface area contributed by atoms with Crippen LogP contribution in [0, 0.1) is 5.92 Å². The van der Waals surface area contributed by atoms with Gasteiger partial charge >= 0.3 is 12.1 Å². The summed E-state index contributed by atoms with van der Waals surface area (Å²) in [6.45, 7) is 7.42. The second-order valence-corrected chi connectivity index (χ2v) is 14.0. The van der Waals surface area contributed by atoms with Gasteiger partial charge in [-0.2, -0.15) is 8.78 Å². The van der Waals surface area contributed by atoms with E-state index in [0.29, 0.717) is 25.3 Å².